The molecule has 0 aromatic carbocycles. The van der Waals surface area contributed by atoms with Gasteiger partial charge in [-0.2, -0.15) is 0 Å². The highest BCUT2D eigenvalue weighted by atomic mass is 32.1. The van der Waals surface area contributed by atoms with Crippen LogP contribution in [0.5, 0.6) is 0 Å². The molecule has 3 nitrogen and oxygen atoms in total. The van der Waals surface area contributed by atoms with E-state index in [1.807, 2.05) is 0 Å². The summed E-state index contributed by atoms with van der Waals surface area (Å²) < 4.78 is 4.97. The molecule has 0 spiro atoms. The Morgan fingerprint density at radius 2 is 2.25 bits per heavy atom. The molecule has 0 unspecified atom stereocenters. The van der Waals surface area contributed by atoms with Crippen molar-refractivity contribution in [2.45, 2.75) is 19.3 Å². The van der Waals surface area contributed by atoms with Gasteiger partial charge in [-0.05, 0) is 12.8 Å². The first-order valence-electron chi connectivity index (χ1n) is 3.70. The molecule has 0 aliphatic rings. The molecule has 0 aliphatic carbocycles. The van der Waals surface area contributed by atoms with Crippen LogP contribution in [0.2, 0.25) is 0 Å². The van der Waals surface area contributed by atoms with E-state index in [1.165, 1.54) is 7.11 Å². The Kier molecular flexibility index (Phi) is 7.19. The number of thiocarbonyl (C=S) groups is 1. The summed E-state index contributed by atoms with van der Waals surface area (Å²) in [4.78, 5) is 10.6. The molecule has 1 N–H and O–H groups in total. The van der Waals surface area contributed by atoms with Crippen LogP contribution in [0, 0.1) is 0 Å². The number of unbranched alkanes of at least 4 members (excludes halogenated alkanes) is 1. The first kappa shape index (κ1) is 11.7. The highest BCUT2D eigenvalue weighted by Gasteiger charge is 1.98. The molecule has 0 bridgehead atoms. The molecular formula is C7H13NO2S2. The second-order valence-corrected chi connectivity index (χ2v) is 3.42. The van der Waals surface area contributed by atoms with Crippen molar-refractivity contribution in [1.29, 1.82) is 0 Å². The molecule has 70 valence electrons. The third-order valence-corrected chi connectivity index (χ3v) is 1.61. The van der Waals surface area contributed by atoms with E-state index in [0.717, 1.165) is 19.4 Å². The van der Waals surface area contributed by atoms with Gasteiger partial charge in [0.15, 0.2) is 0 Å². The van der Waals surface area contributed by atoms with E-state index < -0.39 is 0 Å². The van der Waals surface area contributed by atoms with Crippen LogP contribution in [0.1, 0.15) is 19.3 Å². The number of ether oxygens (including phenoxy) is 1. The van der Waals surface area contributed by atoms with Gasteiger partial charge >= 0.3 is 5.97 Å². The van der Waals surface area contributed by atoms with Gasteiger partial charge in [-0.3, -0.25) is 4.79 Å². The predicted octanol–water partition coefficient (Wildman–Crippen LogP) is 1.13. The molecule has 0 aliphatic heterocycles. The maximum Gasteiger partial charge on any atom is 0.305 e. The van der Waals surface area contributed by atoms with E-state index >= 15 is 0 Å². The summed E-state index contributed by atoms with van der Waals surface area (Å²) in [6, 6.07) is 0. The molecule has 0 aromatic heterocycles. The smallest absolute Gasteiger partial charge is 0.305 e. The quantitative estimate of drug-likeness (QED) is 0.307. The summed E-state index contributed by atoms with van der Waals surface area (Å²) in [5.74, 6) is -0.163. The van der Waals surface area contributed by atoms with E-state index in [1.54, 1.807) is 0 Å². The van der Waals surface area contributed by atoms with Gasteiger partial charge < -0.3 is 10.1 Å². The van der Waals surface area contributed by atoms with Gasteiger partial charge in [0.1, 0.15) is 4.32 Å². The van der Waals surface area contributed by atoms with Gasteiger partial charge in [0.05, 0.1) is 7.11 Å². The molecule has 0 radical (unpaired) electrons. The number of hydrogen-bond donors (Lipinski definition) is 2. The Morgan fingerprint density at radius 1 is 1.58 bits per heavy atom. The minimum Gasteiger partial charge on any atom is -0.469 e. The number of thiol groups is 1. The first-order valence-corrected chi connectivity index (χ1v) is 4.56. The summed E-state index contributed by atoms with van der Waals surface area (Å²) in [5, 5.41) is 2.88. The standard InChI is InChI=1S/C7H13NO2S2/c1-10-6(9)4-2-3-5-8-7(11)12/h2-5H2,1H3,(H2,8,11,12). The molecular weight excluding hydrogens is 194 g/mol. The molecule has 0 fully saturated rings. The number of methoxy groups -OCH3 is 1. The number of hydrogen-bond acceptors (Lipinski definition) is 3. The van der Waals surface area contributed by atoms with Crippen LogP contribution in [-0.2, 0) is 9.53 Å². The van der Waals surface area contributed by atoms with E-state index in [-0.39, 0.29) is 5.97 Å². The summed E-state index contributed by atoms with van der Waals surface area (Å²) >= 11 is 8.57. The van der Waals surface area contributed by atoms with Crippen molar-refractivity contribution in [3.63, 3.8) is 0 Å². The molecule has 0 amide bonds. The fourth-order valence-electron chi connectivity index (χ4n) is 0.692. The monoisotopic (exact) mass is 207 g/mol. The average molecular weight is 207 g/mol. The van der Waals surface area contributed by atoms with Gasteiger partial charge in [-0.25, -0.2) is 0 Å². The van der Waals surface area contributed by atoms with Crippen LogP contribution in [-0.4, -0.2) is 23.9 Å². The number of rotatable bonds is 5. The van der Waals surface area contributed by atoms with E-state index in [2.05, 4.69) is 34.9 Å². The summed E-state index contributed by atoms with van der Waals surface area (Å²) in [5.41, 5.74) is 0. The molecule has 0 atom stereocenters. The second-order valence-electron chi connectivity index (χ2n) is 2.27. The van der Waals surface area contributed by atoms with Crippen molar-refractivity contribution in [2.75, 3.05) is 13.7 Å². The van der Waals surface area contributed by atoms with E-state index in [0.29, 0.717) is 10.7 Å². The van der Waals surface area contributed by atoms with Gasteiger partial charge in [0.25, 0.3) is 0 Å². The Labute approximate surface area is 83.3 Å². The number of esters is 1. The predicted molar refractivity (Wildman–Crippen MR) is 55.5 cm³/mol. The van der Waals surface area contributed by atoms with Crippen molar-refractivity contribution in [1.82, 2.24) is 5.32 Å². The van der Waals surface area contributed by atoms with E-state index in [9.17, 15) is 4.79 Å². The third-order valence-electron chi connectivity index (χ3n) is 1.31. The summed E-state index contributed by atoms with van der Waals surface area (Å²) in [6.07, 6.45) is 2.18. The molecule has 0 saturated heterocycles. The van der Waals surface area contributed by atoms with Gasteiger partial charge in [0.2, 0.25) is 0 Å². The lowest BCUT2D eigenvalue weighted by molar-refractivity contribution is -0.140. The van der Waals surface area contributed by atoms with Crippen LogP contribution < -0.4 is 5.32 Å². The van der Waals surface area contributed by atoms with Crippen molar-refractivity contribution in [3.05, 3.63) is 0 Å². The lowest BCUT2D eigenvalue weighted by Gasteiger charge is -2.01. The van der Waals surface area contributed by atoms with E-state index in [4.69, 9.17) is 0 Å². The van der Waals surface area contributed by atoms with Crippen molar-refractivity contribution in [2.24, 2.45) is 0 Å². The van der Waals surface area contributed by atoms with Crippen LogP contribution in [0.3, 0.4) is 0 Å². The zero-order chi connectivity index (χ0) is 9.40. The minimum atomic E-state index is -0.163. The Balaban J connectivity index is 3.11. The number of nitrogens with one attached hydrogen (secondary N) is 1. The first-order chi connectivity index (χ1) is 5.66. The van der Waals surface area contributed by atoms with Crippen LogP contribution in [0.4, 0.5) is 0 Å². The summed E-state index contributed by atoms with van der Waals surface area (Å²) in [6.45, 7) is 0.763. The van der Waals surface area contributed by atoms with Crippen LogP contribution >= 0.6 is 24.8 Å². The third kappa shape index (κ3) is 7.81. The van der Waals surface area contributed by atoms with Crippen molar-refractivity contribution < 1.29 is 9.53 Å². The zero-order valence-corrected chi connectivity index (χ0v) is 8.71. The number of carbonyl (C=O) groups is 1. The fraction of sp³-hybridized carbons (Fsp3) is 0.714. The zero-order valence-electron chi connectivity index (χ0n) is 7.00. The minimum absolute atomic E-state index is 0.163. The maximum atomic E-state index is 10.6. The van der Waals surface area contributed by atoms with Crippen LogP contribution in [0.25, 0.3) is 0 Å². The highest BCUT2D eigenvalue weighted by Crippen LogP contribution is 1.95. The fourth-order valence-corrected chi connectivity index (χ4v) is 0.906. The lowest BCUT2D eigenvalue weighted by Crippen LogP contribution is -2.17. The average Bonchev–Trinajstić information content (AvgIpc) is 2.03. The topological polar surface area (TPSA) is 38.3 Å². The molecule has 12 heavy (non-hydrogen) atoms. The van der Waals surface area contributed by atoms with Gasteiger partial charge in [-0.1, -0.05) is 12.2 Å². The second kappa shape index (κ2) is 7.36. The largest absolute Gasteiger partial charge is 0.469 e. The summed E-state index contributed by atoms with van der Waals surface area (Å²) in [7, 11) is 1.39. The Morgan fingerprint density at radius 3 is 2.75 bits per heavy atom. The van der Waals surface area contributed by atoms with Crippen LogP contribution in [0.15, 0.2) is 0 Å². The Bertz CT molecular complexity index is 161. The highest BCUT2D eigenvalue weighted by molar-refractivity contribution is 8.11. The maximum absolute atomic E-state index is 10.6. The molecule has 0 heterocycles. The van der Waals surface area contributed by atoms with Crippen molar-refractivity contribution >= 4 is 35.1 Å². The van der Waals surface area contributed by atoms with Gasteiger partial charge in [-0.15, -0.1) is 12.6 Å². The lowest BCUT2D eigenvalue weighted by atomic mass is 10.2. The SMILES string of the molecule is COC(=O)CCCCNC(=S)S. The van der Waals surface area contributed by atoms with Gasteiger partial charge in [0, 0.05) is 13.0 Å². The molecule has 0 rings (SSSR count). The van der Waals surface area contributed by atoms with Crippen molar-refractivity contribution in [3.8, 4) is 0 Å². The Hall–Kier alpha value is -0.290. The molecule has 5 heteroatoms. The molecule has 0 saturated carbocycles. The normalized spacial score (nSPS) is 9.17. The number of carbonyl (C=O) groups excluding carboxylic acids is 1. The molecule has 0 aromatic rings.